The first kappa shape index (κ1) is 18.6. The molecule has 1 aliphatic rings. The van der Waals surface area contributed by atoms with Crippen molar-refractivity contribution in [3.63, 3.8) is 0 Å². The molecule has 0 saturated heterocycles. The minimum Gasteiger partial charge on any atom is -0.481 e. The van der Waals surface area contributed by atoms with Gasteiger partial charge in [0.2, 0.25) is 11.8 Å². The fourth-order valence-corrected chi connectivity index (χ4v) is 3.43. The first-order valence-corrected chi connectivity index (χ1v) is 8.76. The molecular weight excluding hydrogens is 344 g/mol. The predicted octanol–water partition coefficient (Wildman–Crippen LogP) is 3.16. The fraction of sp³-hybridized carbons (Fsp3) is 0.286. The number of benzene rings is 2. The van der Waals surface area contributed by atoms with Gasteiger partial charge in [0, 0.05) is 11.4 Å². The molecule has 6 heteroatoms. The topological polar surface area (TPSA) is 95.5 Å². The van der Waals surface area contributed by atoms with Crippen molar-refractivity contribution in [2.24, 2.45) is 17.3 Å². The van der Waals surface area contributed by atoms with E-state index in [1.54, 1.807) is 38.1 Å². The van der Waals surface area contributed by atoms with Crippen molar-refractivity contribution in [2.75, 3.05) is 10.6 Å². The van der Waals surface area contributed by atoms with Gasteiger partial charge < -0.3 is 15.7 Å². The number of hydrogen-bond acceptors (Lipinski definition) is 3. The summed E-state index contributed by atoms with van der Waals surface area (Å²) in [5, 5.41) is 14.7. The third-order valence-corrected chi connectivity index (χ3v) is 5.02. The number of nitrogens with one attached hydrogen (secondary N) is 2. The molecule has 1 saturated carbocycles. The van der Waals surface area contributed by atoms with E-state index in [-0.39, 0.29) is 18.2 Å². The molecule has 1 fully saturated rings. The molecule has 140 valence electrons. The van der Waals surface area contributed by atoms with E-state index in [4.69, 9.17) is 0 Å². The number of amides is 2. The first-order chi connectivity index (χ1) is 12.8. The smallest absolute Gasteiger partial charge is 0.307 e. The third kappa shape index (κ3) is 4.16. The van der Waals surface area contributed by atoms with Crippen LogP contribution in [0.5, 0.6) is 0 Å². The third-order valence-electron chi connectivity index (χ3n) is 5.02. The highest BCUT2D eigenvalue weighted by Gasteiger charge is 2.65. The summed E-state index contributed by atoms with van der Waals surface area (Å²) >= 11 is 0. The second kappa shape index (κ2) is 7.23. The highest BCUT2D eigenvalue weighted by Crippen LogP contribution is 2.58. The Balaban J connectivity index is 1.55. The van der Waals surface area contributed by atoms with E-state index in [1.165, 1.54) is 0 Å². The van der Waals surface area contributed by atoms with Crippen molar-refractivity contribution < 1.29 is 19.5 Å². The average Bonchev–Trinajstić information content (AvgIpc) is 3.20. The van der Waals surface area contributed by atoms with Crippen molar-refractivity contribution in [3.8, 4) is 0 Å². The maximum atomic E-state index is 12.3. The van der Waals surface area contributed by atoms with Gasteiger partial charge in [-0.3, -0.25) is 14.4 Å². The molecule has 0 aromatic heterocycles. The Labute approximate surface area is 157 Å². The van der Waals surface area contributed by atoms with E-state index in [9.17, 15) is 19.5 Å². The summed E-state index contributed by atoms with van der Waals surface area (Å²) in [6.07, 6.45) is 0.284. The van der Waals surface area contributed by atoms with Crippen LogP contribution in [-0.2, 0) is 20.8 Å². The molecule has 0 heterocycles. The van der Waals surface area contributed by atoms with Crippen LogP contribution >= 0.6 is 0 Å². The summed E-state index contributed by atoms with van der Waals surface area (Å²) in [5.41, 5.74) is 1.58. The highest BCUT2D eigenvalue weighted by molar-refractivity contribution is 6.00. The number of carboxylic acid groups (broad SMARTS) is 1. The van der Waals surface area contributed by atoms with E-state index < -0.39 is 23.2 Å². The van der Waals surface area contributed by atoms with Crippen LogP contribution in [0, 0.1) is 17.3 Å². The molecule has 2 aromatic rings. The van der Waals surface area contributed by atoms with Gasteiger partial charge in [0.15, 0.2) is 0 Å². The van der Waals surface area contributed by atoms with Crippen LogP contribution in [0.3, 0.4) is 0 Å². The Morgan fingerprint density at radius 3 is 1.96 bits per heavy atom. The van der Waals surface area contributed by atoms with E-state index >= 15 is 0 Å². The summed E-state index contributed by atoms with van der Waals surface area (Å²) in [6.45, 7) is 3.56. The van der Waals surface area contributed by atoms with Gasteiger partial charge in [-0.15, -0.1) is 0 Å². The quantitative estimate of drug-likeness (QED) is 0.732. The SMILES string of the molecule is CC1(C)[C@H](C(=O)Nc2ccc(NC(=O)Cc3ccccc3)cc2)[C@@H]1C(=O)O. The van der Waals surface area contributed by atoms with Gasteiger partial charge in [0.25, 0.3) is 0 Å². The number of aliphatic carboxylic acids is 1. The molecule has 0 unspecified atom stereocenters. The highest BCUT2D eigenvalue weighted by atomic mass is 16.4. The van der Waals surface area contributed by atoms with Crippen LogP contribution < -0.4 is 10.6 Å². The summed E-state index contributed by atoms with van der Waals surface area (Å²) in [7, 11) is 0. The Morgan fingerprint density at radius 1 is 0.889 bits per heavy atom. The van der Waals surface area contributed by atoms with Crippen molar-refractivity contribution >= 4 is 29.2 Å². The molecule has 6 nitrogen and oxygen atoms in total. The van der Waals surface area contributed by atoms with Gasteiger partial charge in [-0.25, -0.2) is 0 Å². The van der Waals surface area contributed by atoms with Crippen LogP contribution in [-0.4, -0.2) is 22.9 Å². The lowest BCUT2D eigenvalue weighted by molar-refractivity contribution is -0.140. The van der Waals surface area contributed by atoms with Crippen molar-refractivity contribution in [1.82, 2.24) is 0 Å². The second-order valence-electron chi connectivity index (χ2n) is 7.39. The fourth-order valence-electron chi connectivity index (χ4n) is 3.43. The number of anilines is 2. The standard InChI is InChI=1S/C21H22N2O4/c1-21(2)17(18(21)20(26)27)19(25)23-15-10-8-14(9-11-15)22-16(24)12-13-6-4-3-5-7-13/h3-11,17-18H,12H2,1-2H3,(H,22,24)(H,23,25)(H,26,27)/t17-,18+/m0/s1. The van der Waals surface area contributed by atoms with Crippen molar-refractivity contribution in [3.05, 3.63) is 60.2 Å². The molecule has 2 atom stereocenters. The molecule has 2 aromatic carbocycles. The Bertz CT molecular complexity index is 860. The van der Waals surface area contributed by atoms with E-state index in [0.29, 0.717) is 11.4 Å². The van der Waals surface area contributed by atoms with Gasteiger partial charge in [0.05, 0.1) is 18.3 Å². The monoisotopic (exact) mass is 366 g/mol. The van der Waals surface area contributed by atoms with Gasteiger partial charge >= 0.3 is 5.97 Å². The lowest BCUT2D eigenvalue weighted by Gasteiger charge is -2.09. The van der Waals surface area contributed by atoms with Gasteiger partial charge in [-0.05, 0) is 35.2 Å². The number of carbonyl (C=O) groups is 3. The molecular formula is C21H22N2O4. The number of rotatable bonds is 6. The van der Waals surface area contributed by atoms with Crippen LogP contribution in [0.25, 0.3) is 0 Å². The maximum absolute atomic E-state index is 12.3. The summed E-state index contributed by atoms with van der Waals surface area (Å²) in [6, 6.07) is 16.2. The second-order valence-corrected chi connectivity index (χ2v) is 7.39. The molecule has 27 heavy (non-hydrogen) atoms. The zero-order valence-corrected chi connectivity index (χ0v) is 15.2. The molecule has 0 bridgehead atoms. The predicted molar refractivity (Wildman–Crippen MR) is 102 cm³/mol. The largest absolute Gasteiger partial charge is 0.481 e. The molecule has 1 aliphatic carbocycles. The summed E-state index contributed by atoms with van der Waals surface area (Å²) < 4.78 is 0. The normalized spacial score (nSPS) is 19.8. The Hall–Kier alpha value is -3.15. The van der Waals surface area contributed by atoms with Crippen LogP contribution in [0.4, 0.5) is 11.4 Å². The summed E-state index contributed by atoms with van der Waals surface area (Å²) in [5.74, 6) is -2.57. The number of carbonyl (C=O) groups excluding carboxylic acids is 2. The number of carboxylic acids is 1. The molecule has 2 amide bonds. The summed E-state index contributed by atoms with van der Waals surface area (Å²) in [4.78, 5) is 35.6. The van der Waals surface area contributed by atoms with Gasteiger partial charge in [-0.2, -0.15) is 0 Å². The minimum absolute atomic E-state index is 0.123. The molecule has 0 aliphatic heterocycles. The minimum atomic E-state index is -0.948. The number of hydrogen-bond donors (Lipinski definition) is 3. The van der Waals surface area contributed by atoms with Crippen molar-refractivity contribution in [1.29, 1.82) is 0 Å². The van der Waals surface area contributed by atoms with Crippen molar-refractivity contribution in [2.45, 2.75) is 20.3 Å². The zero-order chi connectivity index (χ0) is 19.6. The van der Waals surface area contributed by atoms with E-state index in [2.05, 4.69) is 10.6 Å². The zero-order valence-electron chi connectivity index (χ0n) is 15.2. The molecule has 0 radical (unpaired) electrons. The van der Waals surface area contributed by atoms with Crippen LogP contribution in [0.2, 0.25) is 0 Å². The molecule has 3 rings (SSSR count). The van der Waals surface area contributed by atoms with Gasteiger partial charge in [-0.1, -0.05) is 44.2 Å². The van der Waals surface area contributed by atoms with Crippen LogP contribution in [0.15, 0.2) is 54.6 Å². The Morgan fingerprint density at radius 2 is 1.44 bits per heavy atom. The van der Waals surface area contributed by atoms with Crippen LogP contribution in [0.1, 0.15) is 19.4 Å². The maximum Gasteiger partial charge on any atom is 0.307 e. The van der Waals surface area contributed by atoms with E-state index in [1.807, 2.05) is 30.3 Å². The van der Waals surface area contributed by atoms with E-state index in [0.717, 1.165) is 5.56 Å². The lowest BCUT2D eigenvalue weighted by Crippen LogP contribution is -2.18. The molecule has 0 spiro atoms. The average molecular weight is 366 g/mol. The lowest BCUT2D eigenvalue weighted by atomic mass is 10.1. The van der Waals surface area contributed by atoms with Gasteiger partial charge in [0.1, 0.15) is 0 Å². The molecule has 3 N–H and O–H groups in total. The first-order valence-electron chi connectivity index (χ1n) is 8.76. The Kier molecular flexibility index (Phi) is 4.99.